The van der Waals surface area contributed by atoms with Crippen LogP contribution in [-0.4, -0.2) is 34.6 Å². The van der Waals surface area contributed by atoms with Gasteiger partial charge in [-0.2, -0.15) is 0 Å². The molecule has 5 heteroatoms. The Labute approximate surface area is 105 Å². The zero-order valence-corrected chi connectivity index (χ0v) is 10.9. The molecule has 1 aromatic rings. The standard InChI is InChI=1S/C12H18O4S/c1-3-11(14,4-2)12(7-13)8-15-9-5-17-6-10(9)16-12/h5-6,13-14H,3-4,7-8H2,1-2H3. The second-order valence-corrected chi connectivity index (χ2v) is 5.13. The highest BCUT2D eigenvalue weighted by Gasteiger charge is 2.53. The molecule has 96 valence electrons. The van der Waals surface area contributed by atoms with Crippen LogP contribution >= 0.6 is 11.3 Å². The largest absolute Gasteiger partial charge is 0.484 e. The van der Waals surface area contributed by atoms with E-state index in [-0.39, 0.29) is 13.2 Å². The van der Waals surface area contributed by atoms with E-state index in [9.17, 15) is 10.2 Å². The summed E-state index contributed by atoms with van der Waals surface area (Å²) in [6.45, 7) is 3.67. The van der Waals surface area contributed by atoms with Crippen LogP contribution in [0.15, 0.2) is 10.8 Å². The minimum absolute atomic E-state index is 0.172. The molecule has 2 heterocycles. The van der Waals surface area contributed by atoms with Crippen LogP contribution in [0.4, 0.5) is 0 Å². The first kappa shape index (κ1) is 12.7. The number of rotatable bonds is 4. The van der Waals surface area contributed by atoms with E-state index >= 15 is 0 Å². The maximum atomic E-state index is 10.6. The minimum atomic E-state index is -1.08. The van der Waals surface area contributed by atoms with Gasteiger partial charge < -0.3 is 19.7 Å². The van der Waals surface area contributed by atoms with Crippen molar-refractivity contribution >= 4 is 11.3 Å². The van der Waals surface area contributed by atoms with E-state index < -0.39 is 11.2 Å². The fourth-order valence-electron chi connectivity index (χ4n) is 2.24. The van der Waals surface area contributed by atoms with E-state index in [1.165, 1.54) is 11.3 Å². The fourth-order valence-corrected chi connectivity index (χ4v) is 2.90. The molecule has 1 aliphatic rings. The van der Waals surface area contributed by atoms with Gasteiger partial charge in [0.1, 0.15) is 12.2 Å². The van der Waals surface area contributed by atoms with E-state index in [1.54, 1.807) is 0 Å². The van der Waals surface area contributed by atoms with Gasteiger partial charge in [0.15, 0.2) is 17.1 Å². The van der Waals surface area contributed by atoms with E-state index in [0.29, 0.717) is 24.3 Å². The summed E-state index contributed by atoms with van der Waals surface area (Å²) in [6.07, 6.45) is 1.01. The molecule has 0 saturated heterocycles. The molecule has 0 saturated carbocycles. The van der Waals surface area contributed by atoms with Crippen molar-refractivity contribution in [3.8, 4) is 11.5 Å². The Kier molecular flexibility index (Phi) is 3.34. The molecule has 0 fully saturated rings. The molecule has 17 heavy (non-hydrogen) atoms. The Morgan fingerprint density at radius 1 is 1.35 bits per heavy atom. The smallest absolute Gasteiger partial charge is 0.194 e. The predicted molar refractivity (Wildman–Crippen MR) is 65.8 cm³/mol. The van der Waals surface area contributed by atoms with Gasteiger partial charge in [-0.15, -0.1) is 11.3 Å². The number of aliphatic hydroxyl groups is 2. The van der Waals surface area contributed by atoms with Crippen LogP contribution in [0.2, 0.25) is 0 Å². The van der Waals surface area contributed by atoms with Crippen LogP contribution in [0.3, 0.4) is 0 Å². The normalized spacial score (nSPS) is 23.8. The van der Waals surface area contributed by atoms with Crippen LogP contribution in [0, 0.1) is 0 Å². The monoisotopic (exact) mass is 258 g/mol. The van der Waals surface area contributed by atoms with Crippen LogP contribution < -0.4 is 9.47 Å². The topological polar surface area (TPSA) is 58.9 Å². The Hall–Kier alpha value is -0.780. The lowest BCUT2D eigenvalue weighted by molar-refractivity contribution is -0.184. The van der Waals surface area contributed by atoms with E-state index in [2.05, 4.69) is 0 Å². The fraction of sp³-hybridized carbons (Fsp3) is 0.667. The molecule has 0 bridgehead atoms. The van der Waals surface area contributed by atoms with Crippen molar-refractivity contribution in [3.05, 3.63) is 10.8 Å². The van der Waals surface area contributed by atoms with Gasteiger partial charge in [0.2, 0.25) is 0 Å². The molecule has 1 atom stereocenters. The van der Waals surface area contributed by atoms with E-state index in [1.807, 2.05) is 24.6 Å². The van der Waals surface area contributed by atoms with Crippen molar-refractivity contribution in [2.75, 3.05) is 13.2 Å². The van der Waals surface area contributed by atoms with Gasteiger partial charge in [0, 0.05) is 10.8 Å². The molecule has 0 radical (unpaired) electrons. The predicted octanol–water partition coefficient (Wildman–Crippen LogP) is 1.80. The molecule has 1 aromatic heterocycles. The lowest BCUT2D eigenvalue weighted by atomic mass is 9.79. The maximum absolute atomic E-state index is 10.6. The summed E-state index contributed by atoms with van der Waals surface area (Å²) >= 11 is 1.48. The van der Waals surface area contributed by atoms with Gasteiger partial charge in [-0.3, -0.25) is 0 Å². The van der Waals surface area contributed by atoms with Crippen molar-refractivity contribution in [3.63, 3.8) is 0 Å². The van der Waals surface area contributed by atoms with Gasteiger partial charge >= 0.3 is 0 Å². The maximum Gasteiger partial charge on any atom is 0.194 e. The lowest BCUT2D eigenvalue weighted by Crippen LogP contribution is -2.64. The highest BCUT2D eigenvalue weighted by Crippen LogP contribution is 2.43. The second kappa shape index (κ2) is 4.48. The van der Waals surface area contributed by atoms with Crippen LogP contribution in [0.1, 0.15) is 26.7 Å². The van der Waals surface area contributed by atoms with Crippen LogP contribution in [0.5, 0.6) is 11.5 Å². The first-order valence-corrected chi connectivity index (χ1v) is 6.76. The number of aliphatic hydroxyl groups excluding tert-OH is 1. The van der Waals surface area contributed by atoms with Gasteiger partial charge in [-0.1, -0.05) is 13.8 Å². The Bertz CT molecular complexity index is 386. The molecular weight excluding hydrogens is 240 g/mol. The number of ether oxygens (including phenoxy) is 2. The van der Waals surface area contributed by atoms with Crippen molar-refractivity contribution in [1.82, 2.24) is 0 Å². The molecule has 2 rings (SSSR count). The van der Waals surface area contributed by atoms with Crippen molar-refractivity contribution in [2.45, 2.75) is 37.9 Å². The Morgan fingerprint density at radius 2 is 2.00 bits per heavy atom. The van der Waals surface area contributed by atoms with Gasteiger partial charge in [-0.05, 0) is 12.8 Å². The number of hydrogen-bond acceptors (Lipinski definition) is 5. The molecule has 0 aromatic carbocycles. The van der Waals surface area contributed by atoms with Crippen molar-refractivity contribution in [2.24, 2.45) is 0 Å². The summed E-state index contributed by atoms with van der Waals surface area (Å²) in [7, 11) is 0. The summed E-state index contributed by atoms with van der Waals surface area (Å²) in [4.78, 5) is 0. The summed E-state index contributed by atoms with van der Waals surface area (Å²) in [5.74, 6) is 1.30. The third-order valence-electron chi connectivity index (χ3n) is 3.63. The third-order valence-corrected chi connectivity index (χ3v) is 4.33. The summed E-state index contributed by atoms with van der Waals surface area (Å²) in [5, 5.41) is 23.9. The van der Waals surface area contributed by atoms with E-state index in [4.69, 9.17) is 9.47 Å². The highest BCUT2D eigenvalue weighted by atomic mass is 32.1. The first-order chi connectivity index (χ1) is 8.11. The molecule has 0 amide bonds. The average Bonchev–Trinajstić information content (AvgIpc) is 2.84. The molecule has 1 aliphatic heterocycles. The Balaban J connectivity index is 2.35. The lowest BCUT2D eigenvalue weighted by Gasteiger charge is -2.46. The zero-order valence-electron chi connectivity index (χ0n) is 10.1. The average molecular weight is 258 g/mol. The van der Waals surface area contributed by atoms with Crippen molar-refractivity contribution in [1.29, 1.82) is 0 Å². The molecule has 4 nitrogen and oxygen atoms in total. The third kappa shape index (κ3) is 1.82. The molecule has 1 unspecified atom stereocenters. The van der Waals surface area contributed by atoms with Crippen LogP contribution in [0.25, 0.3) is 0 Å². The quantitative estimate of drug-likeness (QED) is 0.864. The second-order valence-electron chi connectivity index (χ2n) is 4.38. The molecule has 0 aliphatic carbocycles. The summed E-state index contributed by atoms with van der Waals surface area (Å²) < 4.78 is 11.4. The summed E-state index contributed by atoms with van der Waals surface area (Å²) in [5.41, 5.74) is -2.15. The Morgan fingerprint density at radius 3 is 2.59 bits per heavy atom. The number of fused-ring (bicyclic) bond motifs is 1. The summed E-state index contributed by atoms with van der Waals surface area (Å²) in [6, 6.07) is 0. The highest BCUT2D eigenvalue weighted by molar-refractivity contribution is 7.08. The van der Waals surface area contributed by atoms with E-state index in [0.717, 1.165) is 0 Å². The number of hydrogen-bond donors (Lipinski definition) is 2. The van der Waals surface area contributed by atoms with Crippen LogP contribution in [-0.2, 0) is 0 Å². The zero-order chi connectivity index (χ0) is 12.5. The molecule has 2 N–H and O–H groups in total. The van der Waals surface area contributed by atoms with Gasteiger partial charge in [-0.25, -0.2) is 0 Å². The molecular formula is C12H18O4S. The van der Waals surface area contributed by atoms with Gasteiger partial charge in [0.25, 0.3) is 0 Å². The van der Waals surface area contributed by atoms with Crippen molar-refractivity contribution < 1.29 is 19.7 Å². The molecule has 0 spiro atoms. The first-order valence-electron chi connectivity index (χ1n) is 5.82. The van der Waals surface area contributed by atoms with Gasteiger partial charge in [0.05, 0.1) is 6.61 Å². The number of thiophene rings is 1. The minimum Gasteiger partial charge on any atom is -0.484 e. The SMILES string of the molecule is CCC(O)(CC)C1(CO)COc2cscc2O1.